The maximum Gasteiger partial charge on any atom is 0.266 e. The first kappa shape index (κ1) is 8.76. The SMILES string of the molecule is Cc1nccc(-c2nnc(CN)o2)n1. The summed E-state index contributed by atoms with van der Waals surface area (Å²) in [7, 11) is 0. The fraction of sp³-hybridized carbons (Fsp3) is 0.250. The summed E-state index contributed by atoms with van der Waals surface area (Å²) in [5, 5.41) is 7.55. The highest BCUT2D eigenvalue weighted by atomic mass is 16.4. The van der Waals surface area contributed by atoms with Gasteiger partial charge < -0.3 is 10.2 Å². The third-order valence-electron chi connectivity index (χ3n) is 1.64. The molecule has 0 radical (unpaired) electrons. The molecule has 0 atom stereocenters. The number of nitrogens with two attached hydrogens (primary N) is 1. The minimum atomic E-state index is 0.233. The molecule has 0 aliphatic heterocycles. The third kappa shape index (κ3) is 1.60. The van der Waals surface area contributed by atoms with E-state index >= 15 is 0 Å². The van der Waals surface area contributed by atoms with Gasteiger partial charge in [-0.2, -0.15) is 0 Å². The van der Waals surface area contributed by atoms with Crippen molar-refractivity contribution in [1.29, 1.82) is 0 Å². The highest BCUT2D eigenvalue weighted by molar-refractivity contribution is 5.44. The average molecular weight is 191 g/mol. The van der Waals surface area contributed by atoms with E-state index in [0.29, 0.717) is 23.3 Å². The van der Waals surface area contributed by atoms with Gasteiger partial charge in [0, 0.05) is 6.20 Å². The molecule has 0 bridgehead atoms. The van der Waals surface area contributed by atoms with E-state index < -0.39 is 0 Å². The van der Waals surface area contributed by atoms with Gasteiger partial charge in [-0.25, -0.2) is 9.97 Å². The Morgan fingerprint density at radius 2 is 2.29 bits per heavy atom. The van der Waals surface area contributed by atoms with E-state index in [1.54, 1.807) is 19.2 Å². The third-order valence-corrected chi connectivity index (χ3v) is 1.64. The van der Waals surface area contributed by atoms with Crippen LogP contribution in [0.25, 0.3) is 11.6 Å². The van der Waals surface area contributed by atoms with Crippen molar-refractivity contribution in [3.05, 3.63) is 24.0 Å². The molecule has 0 spiro atoms. The van der Waals surface area contributed by atoms with Crippen molar-refractivity contribution in [3.8, 4) is 11.6 Å². The molecular weight excluding hydrogens is 182 g/mol. The van der Waals surface area contributed by atoms with E-state index in [9.17, 15) is 0 Å². The Morgan fingerprint density at radius 1 is 1.43 bits per heavy atom. The lowest BCUT2D eigenvalue weighted by Crippen LogP contribution is -1.95. The number of aryl methyl sites for hydroxylation is 1. The van der Waals surface area contributed by atoms with Crippen LogP contribution < -0.4 is 5.73 Å². The van der Waals surface area contributed by atoms with Crippen LogP contribution in [-0.4, -0.2) is 20.2 Å². The molecule has 2 N–H and O–H groups in total. The molecule has 2 heterocycles. The van der Waals surface area contributed by atoms with Gasteiger partial charge in [0.25, 0.3) is 5.89 Å². The zero-order valence-electron chi connectivity index (χ0n) is 7.64. The quantitative estimate of drug-likeness (QED) is 0.733. The Balaban J connectivity index is 2.39. The summed E-state index contributed by atoms with van der Waals surface area (Å²) in [6.45, 7) is 2.03. The Kier molecular flexibility index (Phi) is 2.19. The predicted octanol–water partition coefficient (Wildman–Crippen LogP) is 0.294. The van der Waals surface area contributed by atoms with Gasteiger partial charge in [-0.1, -0.05) is 0 Å². The van der Waals surface area contributed by atoms with E-state index in [2.05, 4.69) is 20.2 Å². The summed E-state index contributed by atoms with van der Waals surface area (Å²) in [6, 6.07) is 1.71. The van der Waals surface area contributed by atoms with Crippen LogP contribution in [0.2, 0.25) is 0 Å². The van der Waals surface area contributed by atoms with Crippen molar-refractivity contribution in [1.82, 2.24) is 20.2 Å². The molecule has 2 rings (SSSR count). The monoisotopic (exact) mass is 191 g/mol. The molecule has 0 unspecified atom stereocenters. The van der Waals surface area contributed by atoms with Crippen molar-refractivity contribution in [3.63, 3.8) is 0 Å². The Hall–Kier alpha value is -1.82. The predicted molar refractivity (Wildman–Crippen MR) is 48.0 cm³/mol. The van der Waals surface area contributed by atoms with Gasteiger partial charge in [-0.15, -0.1) is 10.2 Å². The van der Waals surface area contributed by atoms with Crippen molar-refractivity contribution in [2.45, 2.75) is 13.5 Å². The van der Waals surface area contributed by atoms with Gasteiger partial charge >= 0.3 is 0 Å². The number of hydrogen-bond donors (Lipinski definition) is 1. The summed E-state index contributed by atoms with van der Waals surface area (Å²) in [5.41, 5.74) is 5.96. The fourth-order valence-corrected chi connectivity index (χ4v) is 1.01. The number of nitrogens with zero attached hydrogens (tertiary/aromatic N) is 4. The largest absolute Gasteiger partial charge is 0.418 e. The molecule has 0 aliphatic rings. The second-order valence-electron chi connectivity index (χ2n) is 2.69. The normalized spacial score (nSPS) is 10.4. The Morgan fingerprint density at radius 3 is 2.93 bits per heavy atom. The zero-order chi connectivity index (χ0) is 9.97. The molecule has 6 heteroatoms. The number of aromatic nitrogens is 4. The second kappa shape index (κ2) is 3.51. The van der Waals surface area contributed by atoms with Crippen molar-refractivity contribution >= 4 is 0 Å². The molecule has 0 saturated heterocycles. The van der Waals surface area contributed by atoms with Crippen LogP contribution in [-0.2, 0) is 6.54 Å². The van der Waals surface area contributed by atoms with Crippen LogP contribution in [0.3, 0.4) is 0 Å². The summed E-state index contributed by atoms with van der Waals surface area (Å²) < 4.78 is 5.24. The Labute approximate surface area is 80.2 Å². The van der Waals surface area contributed by atoms with Gasteiger partial charge in [-0.05, 0) is 13.0 Å². The highest BCUT2D eigenvalue weighted by Crippen LogP contribution is 2.13. The molecule has 0 aromatic carbocycles. The molecule has 0 fully saturated rings. The minimum absolute atomic E-state index is 0.233. The van der Waals surface area contributed by atoms with E-state index in [0.717, 1.165) is 0 Å². The van der Waals surface area contributed by atoms with Crippen LogP contribution >= 0.6 is 0 Å². The summed E-state index contributed by atoms with van der Waals surface area (Å²) in [6.07, 6.45) is 1.64. The molecule has 6 nitrogen and oxygen atoms in total. The van der Waals surface area contributed by atoms with Crippen molar-refractivity contribution in [2.24, 2.45) is 5.73 Å². The first-order valence-electron chi connectivity index (χ1n) is 4.12. The van der Waals surface area contributed by atoms with E-state index in [-0.39, 0.29) is 6.54 Å². The maximum absolute atomic E-state index is 5.34. The smallest absolute Gasteiger partial charge is 0.266 e. The Bertz CT molecular complexity index is 439. The first-order valence-corrected chi connectivity index (χ1v) is 4.12. The minimum Gasteiger partial charge on any atom is -0.418 e. The van der Waals surface area contributed by atoms with E-state index in [1.807, 2.05) is 0 Å². The van der Waals surface area contributed by atoms with Gasteiger partial charge in [0.15, 0.2) is 0 Å². The molecule has 2 aromatic rings. The lowest BCUT2D eigenvalue weighted by Gasteiger charge is -1.93. The van der Waals surface area contributed by atoms with E-state index in [4.69, 9.17) is 10.2 Å². The molecule has 2 aromatic heterocycles. The lowest BCUT2D eigenvalue weighted by molar-refractivity contribution is 0.507. The lowest BCUT2D eigenvalue weighted by atomic mass is 10.4. The number of rotatable bonds is 2. The maximum atomic E-state index is 5.34. The van der Waals surface area contributed by atoms with Crippen LogP contribution in [0, 0.1) is 6.92 Å². The van der Waals surface area contributed by atoms with Gasteiger partial charge in [0.05, 0.1) is 6.54 Å². The molecule has 72 valence electrons. The molecular formula is C8H9N5O. The van der Waals surface area contributed by atoms with Gasteiger partial charge in [-0.3, -0.25) is 0 Å². The van der Waals surface area contributed by atoms with Crippen LogP contribution in [0.15, 0.2) is 16.7 Å². The molecule has 0 aliphatic carbocycles. The van der Waals surface area contributed by atoms with Gasteiger partial charge in [0.1, 0.15) is 11.5 Å². The van der Waals surface area contributed by atoms with Gasteiger partial charge in [0.2, 0.25) is 5.89 Å². The standard InChI is InChI=1S/C8H9N5O/c1-5-10-3-2-6(11-5)8-13-12-7(4-9)14-8/h2-3H,4,9H2,1H3. The van der Waals surface area contributed by atoms with Crippen LogP contribution in [0.1, 0.15) is 11.7 Å². The van der Waals surface area contributed by atoms with Crippen LogP contribution in [0.5, 0.6) is 0 Å². The van der Waals surface area contributed by atoms with Crippen molar-refractivity contribution in [2.75, 3.05) is 0 Å². The van der Waals surface area contributed by atoms with E-state index in [1.165, 1.54) is 0 Å². The first-order chi connectivity index (χ1) is 6.79. The average Bonchev–Trinajstić information content (AvgIpc) is 2.66. The fourth-order valence-electron chi connectivity index (χ4n) is 1.01. The highest BCUT2D eigenvalue weighted by Gasteiger charge is 2.08. The zero-order valence-corrected chi connectivity index (χ0v) is 7.64. The topological polar surface area (TPSA) is 90.7 Å². The summed E-state index contributed by atoms with van der Waals surface area (Å²) in [4.78, 5) is 8.11. The van der Waals surface area contributed by atoms with Crippen LogP contribution in [0.4, 0.5) is 0 Å². The summed E-state index contributed by atoms with van der Waals surface area (Å²) >= 11 is 0. The summed E-state index contributed by atoms with van der Waals surface area (Å²) in [5.74, 6) is 1.43. The second-order valence-corrected chi connectivity index (χ2v) is 2.69. The number of hydrogen-bond acceptors (Lipinski definition) is 6. The molecule has 0 amide bonds. The molecule has 14 heavy (non-hydrogen) atoms. The van der Waals surface area contributed by atoms with Crippen molar-refractivity contribution < 1.29 is 4.42 Å². The molecule has 0 saturated carbocycles.